The number of rotatable bonds is 3. The summed E-state index contributed by atoms with van der Waals surface area (Å²) < 4.78 is 0. The standard InChI is InChI=1S/C13H18O/c1-11(13(2,3)10-14)9-12-7-5-4-6-8-12/h4-9,14H,10H2,1-3H3/b11-9+. The molecule has 0 fully saturated rings. The highest BCUT2D eigenvalue weighted by Crippen LogP contribution is 2.26. The highest BCUT2D eigenvalue weighted by Gasteiger charge is 2.18. The summed E-state index contributed by atoms with van der Waals surface area (Å²) in [7, 11) is 0. The zero-order valence-electron chi connectivity index (χ0n) is 9.12. The van der Waals surface area contributed by atoms with Crippen LogP contribution in [-0.2, 0) is 0 Å². The molecular weight excluding hydrogens is 172 g/mol. The van der Waals surface area contributed by atoms with Crippen LogP contribution < -0.4 is 0 Å². The van der Waals surface area contributed by atoms with Crippen LogP contribution in [-0.4, -0.2) is 11.7 Å². The van der Waals surface area contributed by atoms with Gasteiger partial charge in [-0.3, -0.25) is 0 Å². The summed E-state index contributed by atoms with van der Waals surface area (Å²) >= 11 is 0. The van der Waals surface area contributed by atoms with Gasteiger partial charge in [-0.15, -0.1) is 0 Å². The fraction of sp³-hybridized carbons (Fsp3) is 0.385. The summed E-state index contributed by atoms with van der Waals surface area (Å²) in [6.07, 6.45) is 2.12. The molecule has 0 spiro atoms. The Bertz CT molecular complexity index is 309. The van der Waals surface area contributed by atoms with Crippen LogP contribution in [0.4, 0.5) is 0 Å². The van der Waals surface area contributed by atoms with Crippen molar-refractivity contribution in [3.05, 3.63) is 41.5 Å². The molecule has 0 saturated heterocycles. The number of aliphatic hydroxyl groups excluding tert-OH is 1. The van der Waals surface area contributed by atoms with Crippen LogP contribution in [0.3, 0.4) is 0 Å². The highest BCUT2D eigenvalue weighted by atomic mass is 16.3. The second-order valence-electron chi connectivity index (χ2n) is 4.28. The van der Waals surface area contributed by atoms with Gasteiger partial charge in [0.15, 0.2) is 0 Å². The minimum atomic E-state index is -0.129. The highest BCUT2D eigenvalue weighted by molar-refractivity contribution is 5.53. The summed E-state index contributed by atoms with van der Waals surface area (Å²) in [5.74, 6) is 0. The average molecular weight is 190 g/mol. The van der Waals surface area contributed by atoms with E-state index in [-0.39, 0.29) is 12.0 Å². The van der Waals surface area contributed by atoms with Gasteiger partial charge < -0.3 is 5.11 Å². The van der Waals surface area contributed by atoms with E-state index in [9.17, 15) is 5.11 Å². The first-order valence-corrected chi connectivity index (χ1v) is 4.91. The zero-order chi connectivity index (χ0) is 10.6. The topological polar surface area (TPSA) is 20.2 Å². The molecule has 1 aromatic carbocycles. The molecule has 14 heavy (non-hydrogen) atoms. The van der Waals surface area contributed by atoms with Gasteiger partial charge in [0.05, 0.1) is 6.61 Å². The first kappa shape index (κ1) is 11.0. The molecule has 0 unspecified atom stereocenters. The maximum atomic E-state index is 9.20. The fourth-order valence-corrected chi connectivity index (χ4v) is 1.12. The lowest BCUT2D eigenvalue weighted by Crippen LogP contribution is -2.17. The molecule has 0 radical (unpaired) electrons. The largest absolute Gasteiger partial charge is 0.395 e. The third kappa shape index (κ3) is 2.71. The van der Waals surface area contributed by atoms with Gasteiger partial charge in [0.2, 0.25) is 0 Å². The Labute approximate surface area is 86.1 Å². The Balaban J connectivity index is 2.89. The molecule has 1 aromatic rings. The van der Waals surface area contributed by atoms with Crippen molar-refractivity contribution in [2.24, 2.45) is 5.41 Å². The van der Waals surface area contributed by atoms with Gasteiger partial charge in [-0.05, 0) is 12.5 Å². The molecule has 0 aliphatic heterocycles. The molecule has 0 aliphatic rings. The summed E-state index contributed by atoms with van der Waals surface area (Å²) in [5, 5.41) is 9.20. The van der Waals surface area contributed by atoms with E-state index in [0.29, 0.717) is 0 Å². The summed E-state index contributed by atoms with van der Waals surface area (Å²) in [4.78, 5) is 0. The van der Waals surface area contributed by atoms with Crippen molar-refractivity contribution >= 4 is 6.08 Å². The van der Waals surface area contributed by atoms with E-state index in [2.05, 4.69) is 25.1 Å². The lowest BCUT2D eigenvalue weighted by molar-refractivity contribution is 0.191. The van der Waals surface area contributed by atoms with Crippen molar-refractivity contribution < 1.29 is 5.11 Å². The normalized spacial score (nSPS) is 13.0. The zero-order valence-corrected chi connectivity index (χ0v) is 9.12. The second kappa shape index (κ2) is 4.43. The Morgan fingerprint density at radius 3 is 2.36 bits per heavy atom. The number of benzene rings is 1. The molecule has 1 nitrogen and oxygen atoms in total. The van der Waals surface area contributed by atoms with Gasteiger partial charge in [-0.25, -0.2) is 0 Å². The fourth-order valence-electron chi connectivity index (χ4n) is 1.12. The van der Waals surface area contributed by atoms with E-state index in [1.54, 1.807) is 0 Å². The summed E-state index contributed by atoms with van der Waals surface area (Å²) in [5.41, 5.74) is 2.26. The van der Waals surface area contributed by atoms with E-state index >= 15 is 0 Å². The predicted molar refractivity (Wildman–Crippen MR) is 61.0 cm³/mol. The Morgan fingerprint density at radius 2 is 1.86 bits per heavy atom. The quantitative estimate of drug-likeness (QED) is 0.776. The minimum absolute atomic E-state index is 0.129. The molecule has 0 saturated carbocycles. The van der Waals surface area contributed by atoms with E-state index in [1.807, 2.05) is 32.0 Å². The molecule has 1 rings (SSSR count). The monoisotopic (exact) mass is 190 g/mol. The molecule has 0 bridgehead atoms. The van der Waals surface area contributed by atoms with Crippen molar-refractivity contribution in [2.75, 3.05) is 6.61 Å². The molecular formula is C13H18O. The van der Waals surface area contributed by atoms with E-state index in [4.69, 9.17) is 0 Å². The van der Waals surface area contributed by atoms with Crippen LogP contribution in [0.1, 0.15) is 26.3 Å². The lowest BCUT2D eigenvalue weighted by Gasteiger charge is -2.22. The second-order valence-corrected chi connectivity index (χ2v) is 4.28. The van der Waals surface area contributed by atoms with Gasteiger partial charge in [-0.2, -0.15) is 0 Å². The first-order valence-electron chi connectivity index (χ1n) is 4.91. The third-order valence-corrected chi connectivity index (χ3v) is 2.65. The van der Waals surface area contributed by atoms with Gasteiger partial charge in [0.1, 0.15) is 0 Å². The van der Waals surface area contributed by atoms with Crippen LogP contribution in [0.5, 0.6) is 0 Å². The first-order chi connectivity index (χ1) is 6.56. The summed E-state index contributed by atoms with van der Waals surface area (Å²) in [6, 6.07) is 10.2. The van der Waals surface area contributed by atoms with Crippen molar-refractivity contribution in [1.29, 1.82) is 0 Å². The Morgan fingerprint density at radius 1 is 1.29 bits per heavy atom. The molecule has 0 aromatic heterocycles. The van der Waals surface area contributed by atoms with Crippen molar-refractivity contribution in [2.45, 2.75) is 20.8 Å². The van der Waals surface area contributed by atoms with Crippen LogP contribution >= 0.6 is 0 Å². The number of hydrogen-bond acceptors (Lipinski definition) is 1. The number of hydrogen-bond donors (Lipinski definition) is 1. The van der Waals surface area contributed by atoms with Crippen molar-refractivity contribution in [1.82, 2.24) is 0 Å². The van der Waals surface area contributed by atoms with Crippen LogP contribution in [0.25, 0.3) is 6.08 Å². The minimum Gasteiger partial charge on any atom is -0.395 e. The Hall–Kier alpha value is -1.08. The number of aliphatic hydroxyl groups is 1. The molecule has 76 valence electrons. The van der Waals surface area contributed by atoms with Crippen molar-refractivity contribution in [3.63, 3.8) is 0 Å². The average Bonchev–Trinajstić information content (AvgIpc) is 2.19. The van der Waals surface area contributed by atoms with Gasteiger partial charge in [0, 0.05) is 5.41 Å². The van der Waals surface area contributed by atoms with Gasteiger partial charge in [0.25, 0.3) is 0 Å². The predicted octanol–water partition coefficient (Wildman–Crippen LogP) is 3.11. The SMILES string of the molecule is C/C(=C\c1ccccc1)C(C)(C)CO. The molecule has 0 atom stereocenters. The van der Waals surface area contributed by atoms with E-state index in [1.165, 1.54) is 11.1 Å². The lowest BCUT2D eigenvalue weighted by atomic mass is 9.85. The third-order valence-electron chi connectivity index (χ3n) is 2.65. The van der Waals surface area contributed by atoms with E-state index < -0.39 is 0 Å². The smallest absolute Gasteiger partial charge is 0.0519 e. The van der Waals surface area contributed by atoms with Crippen LogP contribution in [0.2, 0.25) is 0 Å². The summed E-state index contributed by atoms with van der Waals surface area (Å²) in [6.45, 7) is 6.33. The Kier molecular flexibility index (Phi) is 3.48. The molecule has 1 heteroatoms. The molecule has 0 aliphatic carbocycles. The molecule has 0 heterocycles. The maximum Gasteiger partial charge on any atom is 0.0519 e. The van der Waals surface area contributed by atoms with Crippen LogP contribution in [0, 0.1) is 5.41 Å². The molecule has 1 N–H and O–H groups in total. The molecule has 0 amide bonds. The van der Waals surface area contributed by atoms with Gasteiger partial charge in [-0.1, -0.05) is 55.8 Å². The van der Waals surface area contributed by atoms with E-state index in [0.717, 1.165) is 0 Å². The van der Waals surface area contributed by atoms with Crippen molar-refractivity contribution in [3.8, 4) is 0 Å². The van der Waals surface area contributed by atoms with Gasteiger partial charge >= 0.3 is 0 Å². The van der Waals surface area contributed by atoms with Crippen LogP contribution in [0.15, 0.2) is 35.9 Å². The maximum absolute atomic E-state index is 9.20.